The van der Waals surface area contributed by atoms with Gasteiger partial charge in [0.25, 0.3) is 0 Å². The molecular formula is C16H21ClFNO. The molecule has 20 heavy (non-hydrogen) atoms. The minimum absolute atomic E-state index is 0.143. The van der Waals surface area contributed by atoms with E-state index in [1.165, 1.54) is 50.7 Å². The van der Waals surface area contributed by atoms with Crippen molar-refractivity contribution in [1.29, 1.82) is 0 Å². The number of rotatable bonds is 3. The van der Waals surface area contributed by atoms with Crippen LogP contribution in [0.4, 0.5) is 10.1 Å². The van der Waals surface area contributed by atoms with Gasteiger partial charge >= 0.3 is 0 Å². The molecule has 0 radical (unpaired) electrons. The van der Waals surface area contributed by atoms with Gasteiger partial charge in [-0.1, -0.05) is 30.9 Å². The number of hydrogen-bond donors (Lipinski definition) is 1. The van der Waals surface area contributed by atoms with Crippen LogP contribution < -0.4 is 5.32 Å². The van der Waals surface area contributed by atoms with Crippen molar-refractivity contribution in [2.45, 2.75) is 56.7 Å². The molecule has 1 spiro atoms. The van der Waals surface area contributed by atoms with Crippen LogP contribution in [0.3, 0.4) is 0 Å². The molecule has 2 nitrogen and oxygen atoms in total. The molecule has 1 aromatic rings. The summed E-state index contributed by atoms with van der Waals surface area (Å²) in [5.41, 5.74) is 0.868. The highest BCUT2D eigenvalue weighted by atomic mass is 35.5. The fourth-order valence-electron chi connectivity index (χ4n) is 3.49. The van der Waals surface area contributed by atoms with E-state index in [-0.39, 0.29) is 17.5 Å². The van der Waals surface area contributed by atoms with Gasteiger partial charge < -0.3 is 10.1 Å². The zero-order chi connectivity index (χ0) is 14.0. The van der Waals surface area contributed by atoms with Crippen molar-refractivity contribution in [3.05, 3.63) is 29.0 Å². The van der Waals surface area contributed by atoms with Crippen molar-refractivity contribution in [3.8, 4) is 0 Å². The molecule has 1 saturated carbocycles. The van der Waals surface area contributed by atoms with Crippen molar-refractivity contribution in [2.24, 2.45) is 0 Å². The molecule has 3 rings (SSSR count). The molecule has 0 bridgehead atoms. The second kappa shape index (κ2) is 5.90. The first-order valence-electron chi connectivity index (χ1n) is 7.53. The van der Waals surface area contributed by atoms with Crippen LogP contribution in [0.25, 0.3) is 0 Å². The van der Waals surface area contributed by atoms with Crippen molar-refractivity contribution in [3.63, 3.8) is 0 Å². The normalized spacial score (nSPS) is 25.0. The maximum atomic E-state index is 13.3. The molecule has 2 fully saturated rings. The summed E-state index contributed by atoms with van der Waals surface area (Å²) >= 11 is 5.85. The zero-order valence-electron chi connectivity index (χ0n) is 11.6. The summed E-state index contributed by atoms with van der Waals surface area (Å²) in [7, 11) is 0. The Kier molecular flexibility index (Phi) is 4.18. The lowest BCUT2D eigenvalue weighted by atomic mass is 9.83. The number of anilines is 1. The Morgan fingerprint density at radius 1 is 1.20 bits per heavy atom. The Hall–Kier alpha value is -0.800. The molecular weight excluding hydrogens is 277 g/mol. The highest BCUT2D eigenvalue weighted by Crippen LogP contribution is 2.41. The molecule has 0 aromatic heterocycles. The second-order valence-electron chi connectivity index (χ2n) is 6.06. The number of nitrogens with one attached hydrogen (secondary N) is 1. The van der Waals surface area contributed by atoms with Crippen LogP contribution in [0.15, 0.2) is 18.2 Å². The predicted molar refractivity (Wildman–Crippen MR) is 79.8 cm³/mol. The molecule has 1 aliphatic carbocycles. The molecule has 110 valence electrons. The SMILES string of the molecule is Fc1cc(Cl)cc(NCC2CCC3(CCCCC3)O2)c1. The van der Waals surface area contributed by atoms with Gasteiger partial charge in [0.1, 0.15) is 5.82 Å². The van der Waals surface area contributed by atoms with Gasteiger partial charge in [-0.2, -0.15) is 0 Å². The molecule has 1 saturated heterocycles. The van der Waals surface area contributed by atoms with E-state index in [4.69, 9.17) is 16.3 Å². The van der Waals surface area contributed by atoms with Crippen LogP contribution in [-0.4, -0.2) is 18.2 Å². The molecule has 1 aromatic carbocycles. The molecule has 1 heterocycles. The number of ether oxygens (including phenoxy) is 1. The fraction of sp³-hybridized carbons (Fsp3) is 0.625. The van der Waals surface area contributed by atoms with E-state index in [0.717, 1.165) is 18.7 Å². The third-order valence-electron chi connectivity index (χ3n) is 4.50. The van der Waals surface area contributed by atoms with Crippen LogP contribution >= 0.6 is 11.6 Å². The lowest BCUT2D eigenvalue weighted by molar-refractivity contribution is -0.0588. The van der Waals surface area contributed by atoms with E-state index in [1.807, 2.05) is 0 Å². The molecule has 1 N–H and O–H groups in total. The molecule has 4 heteroatoms. The largest absolute Gasteiger partial charge is 0.382 e. The first kappa shape index (κ1) is 14.2. The molecule has 1 unspecified atom stereocenters. The van der Waals surface area contributed by atoms with Crippen LogP contribution in [-0.2, 0) is 4.74 Å². The number of hydrogen-bond acceptors (Lipinski definition) is 2. The summed E-state index contributed by atoms with van der Waals surface area (Å²) in [5.74, 6) is -0.309. The highest BCUT2D eigenvalue weighted by Gasteiger charge is 2.40. The average molecular weight is 298 g/mol. The van der Waals surface area contributed by atoms with Gasteiger partial charge in [0.2, 0.25) is 0 Å². The summed E-state index contributed by atoms with van der Waals surface area (Å²) in [6.07, 6.45) is 8.83. The first-order valence-corrected chi connectivity index (χ1v) is 7.91. The monoisotopic (exact) mass is 297 g/mol. The van der Waals surface area contributed by atoms with Gasteiger partial charge in [0.15, 0.2) is 0 Å². The first-order chi connectivity index (χ1) is 9.65. The maximum Gasteiger partial charge on any atom is 0.126 e. The lowest BCUT2D eigenvalue weighted by Crippen LogP contribution is -2.33. The quantitative estimate of drug-likeness (QED) is 0.867. The Morgan fingerprint density at radius 3 is 2.75 bits per heavy atom. The fourth-order valence-corrected chi connectivity index (χ4v) is 3.71. The van der Waals surface area contributed by atoms with Crippen molar-refractivity contribution >= 4 is 17.3 Å². The standard InChI is InChI=1S/C16H21ClFNO/c17-12-8-13(18)10-14(9-12)19-11-15-4-7-16(20-15)5-2-1-3-6-16/h8-10,15,19H,1-7,11H2. The van der Waals surface area contributed by atoms with Gasteiger partial charge in [-0.05, 0) is 43.9 Å². The summed E-state index contributed by atoms with van der Waals surface area (Å²) < 4.78 is 19.5. The van der Waals surface area contributed by atoms with E-state index < -0.39 is 0 Å². The Morgan fingerprint density at radius 2 is 2.00 bits per heavy atom. The van der Waals surface area contributed by atoms with Gasteiger partial charge in [-0.3, -0.25) is 0 Å². The van der Waals surface area contributed by atoms with E-state index in [1.54, 1.807) is 6.07 Å². The third kappa shape index (κ3) is 3.26. The molecule has 2 aliphatic rings. The van der Waals surface area contributed by atoms with Gasteiger partial charge in [-0.25, -0.2) is 4.39 Å². The van der Waals surface area contributed by atoms with Crippen molar-refractivity contribution in [1.82, 2.24) is 0 Å². The molecule has 1 atom stereocenters. The summed E-state index contributed by atoms with van der Waals surface area (Å²) in [5, 5.41) is 3.66. The Balaban J connectivity index is 1.54. The van der Waals surface area contributed by atoms with Crippen LogP contribution in [0.1, 0.15) is 44.9 Å². The van der Waals surface area contributed by atoms with Crippen LogP contribution in [0.5, 0.6) is 0 Å². The van der Waals surface area contributed by atoms with Gasteiger partial charge in [0, 0.05) is 17.3 Å². The van der Waals surface area contributed by atoms with Crippen LogP contribution in [0, 0.1) is 5.82 Å². The highest BCUT2D eigenvalue weighted by molar-refractivity contribution is 6.30. The van der Waals surface area contributed by atoms with E-state index in [0.29, 0.717) is 5.02 Å². The smallest absolute Gasteiger partial charge is 0.126 e. The third-order valence-corrected chi connectivity index (χ3v) is 4.72. The predicted octanol–water partition coefficient (Wildman–Crippen LogP) is 4.77. The summed E-state index contributed by atoms with van der Waals surface area (Å²) in [6, 6.07) is 4.53. The van der Waals surface area contributed by atoms with E-state index in [9.17, 15) is 4.39 Å². The lowest BCUT2D eigenvalue weighted by Gasteiger charge is -2.33. The minimum atomic E-state index is -0.309. The topological polar surface area (TPSA) is 21.3 Å². The zero-order valence-corrected chi connectivity index (χ0v) is 12.4. The van der Waals surface area contributed by atoms with Crippen molar-refractivity contribution in [2.75, 3.05) is 11.9 Å². The summed E-state index contributed by atoms with van der Waals surface area (Å²) in [6.45, 7) is 0.724. The second-order valence-corrected chi connectivity index (χ2v) is 6.50. The van der Waals surface area contributed by atoms with Gasteiger partial charge in [-0.15, -0.1) is 0 Å². The van der Waals surface area contributed by atoms with Gasteiger partial charge in [0.05, 0.1) is 11.7 Å². The Labute approximate surface area is 124 Å². The van der Waals surface area contributed by atoms with Crippen molar-refractivity contribution < 1.29 is 9.13 Å². The summed E-state index contributed by atoms with van der Waals surface area (Å²) in [4.78, 5) is 0. The Bertz CT molecular complexity index is 453. The minimum Gasteiger partial charge on any atom is -0.382 e. The van der Waals surface area contributed by atoms with E-state index in [2.05, 4.69) is 5.32 Å². The molecule has 0 amide bonds. The molecule has 1 aliphatic heterocycles. The maximum absolute atomic E-state index is 13.3. The number of halogens is 2. The average Bonchev–Trinajstić information content (AvgIpc) is 2.79. The van der Waals surface area contributed by atoms with E-state index >= 15 is 0 Å². The number of benzene rings is 1. The van der Waals surface area contributed by atoms with Crippen LogP contribution in [0.2, 0.25) is 5.02 Å².